The molecule has 0 aliphatic carbocycles. The van der Waals surface area contributed by atoms with Gasteiger partial charge in [-0.1, -0.05) is 5.16 Å². The van der Waals surface area contributed by atoms with Crippen LogP contribution in [0, 0.1) is 20.8 Å². The molecule has 1 aliphatic heterocycles. The molecule has 3 rings (SSSR count). The summed E-state index contributed by atoms with van der Waals surface area (Å²) in [5.41, 5.74) is 3.84. The molecule has 0 spiro atoms. The van der Waals surface area contributed by atoms with E-state index in [0.717, 1.165) is 60.0 Å². The second-order valence-corrected chi connectivity index (χ2v) is 7.10. The lowest BCUT2D eigenvalue weighted by atomic mass is 9.90. The fraction of sp³-hybridized carbons (Fsp3) is 0.600. The molecule has 1 saturated heterocycles. The molecule has 1 aliphatic rings. The minimum atomic E-state index is 0.135. The Balaban J connectivity index is 1.63. The number of hydrogen-bond acceptors (Lipinski definition) is 6. The quantitative estimate of drug-likeness (QED) is 0.775. The standard InChI is InChI=1S/C20H28N4O3/c1-5-26-12-17-11-21-15(4)22-20(17)16-6-8-24(9-7-16)19(25)10-18-13(2)23-27-14(18)3/h11,16H,5-10,12H2,1-4H3. The van der Waals surface area contributed by atoms with Crippen LogP contribution in [0.5, 0.6) is 0 Å². The Labute approximate surface area is 160 Å². The van der Waals surface area contributed by atoms with Gasteiger partial charge in [-0.2, -0.15) is 0 Å². The second kappa shape index (κ2) is 8.61. The molecule has 0 atom stereocenters. The van der Waals surface area contributed by atoms with E-state index in [-0.39, 0.29) is 5.91 Å². The number of piperidine rings is 1. The Hall–Kier alpha value is -2.28. The van der Waals surface area contributed by atoms with Gasteiger partial charge in [-0.15, -0.1) is 0 Å². The maximum Gasteiger partial charge on any atom is 0.227 e. The topological polar surface area (TPSA) is 81.4 Å². The first-order valence-corrected chi connectivity index (χ1v) is 9.59. The van der Waals surface area contributed by atoms with Crippen molar-refractivity contribution in [3.63, 3.8) is 0 Å². The third kappa shape index (κ3) is 4.53. The van der Waals surface area contributed by atoms with Crippen LogP contribution in [-0.2, 0) is 22.6 Å². The van der Waals surface area contributed by atoms with Crippen LogP contribution in [0.15, 0.2) is 10.7 Å². The van der Waals surface area contributed by atoms with Gasteiger partial charge in [0.2, 0.25) is 5.91 Å². The average Bonchev–Trinajstić information content (AvgIpc) is 2.99. The summed E-state index contributed by atoms with van der Waals surface area (Å²) in [4.78, 5) is 23.6. The second-order valence-electron chi connectivity index (χ2n) is 7.10. The molecule has 3 heterocycles. The number of nitrogens with zero attached hydrogens (tertiary/aromatic N) is 4. The molecule has 0 unspecified atom stereocenters. The van der Waals surface area contributed by atoms with Crippen molar-refractivity contribution in [2.75, 3.05) is 19.7 Å². The van der Waals surface area contributed by atoms with E-state index in [4.69, 9.17) is 9.26 Å². The van der Waals surface area contributed by atoms with Gasteiger partial charge in [0.1, 0.15) is 11.6 Å². The number of rotatable bonds is 6. The molecule has 146 valence electrons. The highest BCUT2D eigenvalue weighted by Gasteiger charge is 2.27. The molecule has 2 aromatic rings. The zero-order valence-corrected chi connectivity index (χ0v) is 16.6. The number of carbonyl (C=O) groups excluding carboxylic acids is 1. The first kappa shape index (κ1) is 19.5. The van der Waals surface area contributed by atoms with Crippen molar-refractivity contribution >= 4 is 5.91 Å². The van der Waals surface area contributed by atoms with Crippen LogP contribution in [0.2, 0.25) is 0 Å². The van der Waals surface area contributed by atoms with E-state index in [2.05, 4.69) is 15.1 Å². The number of ether oxygens (including phenoxy) is 1. The predicted octanol–water partition coefficient (Wildman–Crippen LogP) is 2.88. The van der Waals surface area contributed by atoms with Crippen molar-refractivity contribution in [3.8, 4) is 0 Å². The van der Waals surface area contributed by atoms with Crippen LogP contribution in [0.1, 0.15) is 59.8 Å². The average molecular weight is 372 g/mol. The van der Waals surface area contributed by atoms with Crippen molar-refractivity contribution in [3.05, 3.63) is 40.3 Å². The molecule has 0 saturated carbocycles. The Bertz CT molecular complexity index is 775. The predicted molar refractivity (Wildman–Crippen MR) is 100 cm³/mol. The molecule has 7 nitrogen and oxygen atoms in total. The molecule has 1 fully saturated rings. The number of hydrogen-bond donors (Lipinski definition) is 0. The van der Waals surface area contributed by atoms with Crippen LogP contribution in [-0.4, -0.2) is 45.6 Å². The highest BCUT2D eigenvalue weighted by Crippen LogP contribution is 2.30. The summed E-state index contributed by atoms with van der Waals surface area (Å²) >= 11 is 0. The number of aryl methyl sites for hydroxylation is 3. The molecule has 0 N–H and O–H groups in total. The van der Waals surface area contributed by atoms with E-state index in [1.165, 1.54) is 0 Å². The summed E-state index contributed by atoms with van der Waals surface area (Å²) in [5.74, 6) is 1.98. The fourth-order valence-electron chi connectivity index (χ4n) is 3.61. The molecule has 2 aromatic heterocycles. The number of aromatic nitrogens is 3. The van der Waals surface area contributed by atoms with Crippen LogP contribution in [0.3, 0.4) is 0 Å². The normalized spacial score (nSPS) is 15.3. The smallest absolute Gasteiger partial charge is 0.227 e. The minimum Gasteiger partial charge on any atom is -0.377 e. The lowest BCUT2D eigenvalue weighted by molar-refractivity contribution is -0.131. The third-order valence-electron chi connectivity index (χ3n) is 5.22. The van der Waals surface area contributed by atoms with Gasteiger partial charge in [-0.3, -0.25) is 4.79 Å². The van der Waals surface area contributed by atoms with E-state index >= 15 is 0 Å². The van der Waals surface area contributed by atoms with Crippen molar-refractivity contribution in [1.29, 1.82) is 0 Å². The Morgan fingerprint density at radius 1 is 1.30 bits per heavy atom. The molecule has 0 bridgehead atoms. The van der Waals surface area contributed by atoms with Gasteiger partial charge in [0, 0.05) is 42.9 Å². The molecular formula is C20H28N4O3. The van der Waals surface area contributed by atoms with E-state index in [1.807, 2.05) is 38.8 Å². The van der Waals surface area contributed by atoms with Crippen LogP contribution in [0.25, 0.3) is 0 Å². The largest absolute Gasteiger partial charge is 0.377 e. The van der Waals surface area contributed by atoms with Gasteiger partial charge >= 0.3 is 0 Å². The summed E-state index contributed by atoms with van der Waals surface area (Å²) in [5, 5.41) is 3.94. The summed E-state index contributed by atoms with van der Waals surface area (Å²) in [6.07, 6.45) is 4.04. The molecule has 0 radical (unpaired) electrons. The van der Waals surface area contributed by atoms with Crippen molar-refractivity contribution in [2.45, 2.75) is 59.5 Å². The van der Waals surface area contributed by atoms with Crippen molar-refractivity contribution in [1.82, 2.24) is 20.0 Å². The highest BCUT2D eigenvalue weighted by molar-refractivity contribution is 5.79. The lowest BCUT2D eigenvalue weighted by Gasteiger charge is -2.32. The third-order valence-corrected chi connectivity index (χ3v) is 5.22. The van der Waals surface area contributed by atoms with Gasteiger partial charge in [-0.05, 0) is 40.5 Å². The van der Waals surface area contributed by atoms with E-state index in [0.29, 0.717) is 25.6 Å². The first-order valence-electron chi connectivity index (χ1n) is 9.59. The zero-order valence-electron chi connectivity index (χ0n) is 16.6. The number of carbonyl (C=O) groups is 1. The van der Waals surface area contributed by atoms with Gasteiger partial charge < -0.3 is 14.2 Å². The highest BCUT2D eigenvalue weighted by atomic mass is 16.5. The van der Waals surface area contributed by atoms with Gasteiger partial charge in [0.25, 0.3) is 0 Å². The van der Waals surface area contributed by atoms with Crippen molar-refractivity contribution in [2.24, 2.45) is 0 Å². The maximum absolute atomic E-state index is 12.7. The van der Waals surface area contributed by atoms with Crippen LogP contribution < -0.4 is 0 Å². The Kier molecular flexibility index (Phi) is 6.21. The van der Waals surface area contributed by atoms with Gasteiger partial charge in [-0.25, -0.2) is 9.97 Å². The zero-order chi connectivity index (χ0) is 19.4. The summed E-state index contributed by atoms with van der Waals surface area (Å²) in [6.45, 7) is 10.3. The van der Waals surface area contributed by atoms with E-state index < -0.39 is 0 Å². The molecule has 27 heavy (non-hydrogen) atoms. The number of likely N-dealkylation sites (tertiary alicyclic amines) is 1. The Morgan fingerprint density at radius 3 is 2.67 bits per heavy atom. The lowest BCUT2D eigenvalue weighted by Crippen LogP contribution is -2.39. The molecule has 7 heteroatoms. The minimum absolute atomic E-state index is 0.135. The Morgan fingerprint density at radius 2 is 2.04 bits per heavy atom. The molecular weight excluding hydrogens is 344 g/mol. The number of amides is 1. The maximum atomic E-state index is 12.7. The van der Waals surface area contributed by atoms with Crippen LogP contribution in [0.4, 0.5) is 0 Å². The van der Waals surface area contributed by atoms with E-state index in [9.17, 15) is 4.79 Å². The van der Waals surface area contributed by atoms with E-state index in [1.54, 1.807) is 0 Å². The summed E-state index contributed by atoms with van der Waals surface area (Å²) < 4.78 is 10.7. The monoisotopic (exact) mass is 372 g/mol. The SMILES string of the molecule is CCOCc1cnc(C)nc1C1CCN(C(=O)Cc2c(C)noc2C)CC1. The first-order chi connectivity index (χ1) is 13.0. The molecule has 1 amide bonds. The molecule has 0 aromatic carbocycles. The van der Waals surface area contributed by atoms with Crippen molar-refractivity contribution < 1.29 is 14.1 Å². The van der Waals surface area contributed by atoms with Gasteiger partial charge in [0.05, 0.1) is 24.4 Å². The fourth-order valence-corrected chi connectivity index (χ4v) is 3.61. The van der Waals surface area contributed by atoms with Crippen LogP contribution >= 0.6 is 0 Å². The summed E-state index contributed by atoms with van der Waals surface area (Å²) in [6, 6.07) is 0. The van der Waals surface area contributed by atoms with Gasteiger partial charge in [0.15, 0.2) is 0 Å². The summed E-state index contributed by atoms with van der Waals surface area (Å²) in [7, 11) is 0.